The van der Waals surface area contributed by atoms with Crippen molar-refractivity contribution in [3.05, 3.63) is 29.8 Å². The summed E-state index contributed by atoms with van der Waals surface area (Å²) in [6.45, 7) is 1.35. The Morgan fingerprint density at radius 3 is 2.78 bits per heavy atom. The molecular formula is C14H20N2O2. The minimum atomic E-state index is -0.239. The largest absolute Gasteiger partial charge is 0.497 e. The van der Waals surface area contributed by atoms with Crippen molar-refractivity contribution in [2.24, 2.45) is 5.73 Å². The fourth-order valence-corrected chi connectivity index (χ4v) is 2.57. The summed E-state index contributed by atoms with van der Waals surface area (Å²) in [5, 5.41) is 0. The quantitative estimate of drug-likeness (QED) is 0.851. The molecule has 4 heteroatoms. The number of nitrogens with zero attached hydrogens (tertiary/aromatic N) is 1. The number of carbonyl (C=O) groups is 1. The number of carbonyl (C=O) groups excluding carboxylic acids is 1. The molecule has 0 bridgehead atoms. The molecule has 1 aromatic carbocycles. The van der Waals surface area contributed by atoms with Crippen LogP contribution in [0.5, 0.6) is 5.75 Å². The minimum Gasteiger partial charge on any atom is -0.497 e. The zero-order valence-electron chi connectivity index (χ0n) is 10.8. The third-order valence-corrected chi connectivity index (χ3v) is 3.49. The molecule has 0 aliphatic carbocycles. The lowest BCUT2D eigenvalue weighted by Crippen LogP contribution is -2.38. The molecule has 1 aromatic rings. The molecule has 0 radical (unpaired) electrons. The highest BCUT2D eigenvalue weighted by Gasteiger charge is 2.25. The predicted molar refractivity (Wildman–Crippen MR) is 70.5 cm³/mol. The number of primary amides is 1. The summed E-state index contributed by atoms with van der Waals surface area (Å²) in [6, 6.07) is 8.55. The van der Waals surface area contributed by atoms with Gasteiger partial charge in [0.1, 0.15) is 5.75 Å². The standard InChI is InChI=1S/C14H20N2O2/c1-18-13-6-4-11(5-7-13)9-12-3-2-8-16(12)10-14(15)17/h4-7,12H,2-3,8-10H2,1H3,(H2,15,17)/t12-/m1/s1. The first-order valence-electron chi connectivity index (χ1n) is 6.34. The van der Waals surface area contributed by atoms with E-state index >= 15 is 0 Å². The number of nitrogens with two attached hydrogens (primary N) is 1. The Balaban J connectivity index is 1.96. The maximum absolute atomic E-state index is 11.0. The first-order valence-corrected chi connectivity index (χ1v) is 6.34. The number of amides is 1. The maximum Gasteiger partial charge on any atom is 0.231 e. The highest BCUT2D eigenvalue weighted by molar-refractivity contribution is 5.76. The molecule has 1 aliphatic heterocycles. The van der Waals surface area contributed by atoms with E-state index in [1.807, 2.05) is 12.1 Å². The second kappa shape index (κ2) is 5.87. The normalized spacial score (nSPS) is 19.9. The maximum atomic E-state index is 11.0. The van der Waals surface area contributed by atoms with Gasteiger partial charge in [0.15, 0.2) is 0 Å². The van der Waals surface area contributed by atoms with Crippen LogP contribution in [0.15, 0.2) is 24.3 Å². The van der Waals surface area contributed by atoms with Crippen molar-refractivity contribution in [2.75, 3.05) is 20.2 Å². The van der Waals surface area contributed by atoms with Crippen LogP contribution in [0.25, 0.3) is 0 Å². The summed E-state index contributed by atoms with van der Waals surface area (Å²) in [5.74, 6) is 0.635. The summed E-state index contributed by atoms with van der Waals surface area (Å²) < 4.78 is 5.14. The van der Waals surface area contributed by atoms with Gasteiger partial charge in [-0.15, -0.1) is 0 Å². The average Bonchev–Trinajstić information content (AvgIpc) is 2.77. The molecule has 2 N–H and O–H groups in total. The molecule has 1 heterocycles. The van der Waals surface area contributed by atoms with E-state index in [4.69, 9.17) is 10.5 Å². The minimum absolute atomic E-state index is 0.239. The van der Waals surface area contributed by atoms with Crippen molar-refractivity contribution in [1.82, 2.24) is 4.90 Å². The fraction of sp³-hybridized carbons (Fsp3) is 0.500. The van der Waals surface area contributed by atoms with Crippen molar-refractivity contribution in [2.45, 2.75) is 25.3 Å². The second-order valence-corrected chi connectivity index (χ2v) is 4.79. The van der Waals surface area contributed by atoms with Gasteiger partial charge in [-0.05, 0) is 43.5 Å². The Kier molecular flexibility index (Phi) is 4.20. The van der Waals surface area contributed by atoms with Gasteiger partial charge < -0.3 is 10.5 Å². The summed E-state index contributed by atoms with van der Waals surface area (Å²) in [5.41, 5.74) is 6.54. The summed E-state index contributed by atoms with van der Waals surface area (Å²) in [7, 11) is 1.67. The lowest BCUT2D eigenvalue weighted by molar-refractivity contribution is -0.119. The highest BCUT2D eigenvalue weighted by atomic mass is 16.5. The van der Waals surface area contributed by atoms with Gasteiger partial charge in [0.25, 0.3) is 0 Å². The first-order chi connectivity index (χ1) is 8.69. The molecule has 18 heavy (non-hydrogen) atoms. The topological polar surface area (TPSA) is 55.6 Å². The molecule has 4 nitrogen and oxygen atoms in total. The number of benzene rings is 1. The van der Waals surface area contributed by atoms with E-state index in [1.165, 1.54) is 5.56 Å². The fourth-order valence-electron chi connectivity index (χ4n) is 2.57. The predicted octanol–water partition coefficient (Wildman–Crippen LogP) is 1.19. The molecular weight excluding hydrogens is 228 g/mol. The van der Waals surface area contributed by atoms with Crippen LogP contribution < -0.4 is 10.5 Å². The SMILES string of the molecule is COc1ccc(C[C@H]2CCCN2CC(N)=O)cc1. The smallest absolute Gasteiger partial charge is 0.231 e. The Morgan fingerprint density at radius 1 is 1.44 bits per heavy atom. The van der Waals surface area contributed by atoms with E-state index in [0.29, 0.717) is 12.6 Å². The van der Waals surface area contributed by atoms with E-state index < -0.39 is 0 Å². The molecule has 1 atom stereocenters. The number of hydrogen-bond acceptors (Lipinski definition) is 3. The van der Waals surface area contributed by atoms with Crippen LogP contribution in [0.3, 0.4) is 0 Å². The lowest BCUT2D eigenvalue weighted by Gasteiger charge is -2.23. The van der Waals surface area contributed by atoms with Gasteiger partial charge in [-0.2, -0.15) is 0 Å². The number of methoxy groups -OCH3 is 1. The van der Waals surface area contributed by atoms with Crippen molar-refractivity contribution in [1.29, 1.82) is 0 Å². The summed E-state index contributed by atoms with van der Waals surface area (Å²) in [4.78, 5) is 13.2. The van der Waals surface area contributed by atoms with Crippen LogP contribution in [-0.4, -0.2) is 37.0 Å². The summed E-state index contributed by atoms with van der Waals surface area (Å²) >= 11 is 0. The summed E-state index contributed by atoms with van der Waals surface area (Å²) in [6.07, 6.45) is 3.25. The van der Waals surface area contributed by atoms with Crippen LogP contribution in [0.1, 0.15) is 18.4 Å². The van der Waals surface area contributed by atoms with Gasteiger partial charge in [0, 0.05) is 6.04 Å². The van der Waals surface area contributed by atoms with Gasteiger partial charge in [0.2, 0.25) is 5.91 Å². The number of likely N-dealkylation sites (tertiary alicyclic amines) is 1. The monoisotopic (exact) mass is 248 g/mol. The van der Waals surface area contributed by atoms with Gasteiger partial charge in [0.05, 0.1) is 13.7 Å². The van der Waals surface area contributed by atoms with E-state index in [0.717, 1.165) is 31.6 Å². The van der Waals surface area contributed by atoms with Crippen molar-refractivity contribution < 1.29 is 9.53 Å². The molecule has 1 amide bonds. The zero-order valence-corrected chi connectivity index (χ0v) is 10.8. The Labute approximate surface area is 108 Å². The van der Waals surface area contributed by atoms with Crippen LogP contribution >= 0.6 is 0 Å². The van der Waals surface area contributed by atoms with Gasteiger partial charge in [-0.1, -0.05) is 12.1 Å². The number of ether oxygens (including phenoxy) is 1. The zero-order chi connectivity index (χ0) is 13.0. The van der Waals surface area contributed by atoms with Gasteiger partial charge in [-0.25, -0.2) is 0 Å². The molecule has 98 valence electrons. The molecule has 2 rings (SSSR count). The van der Waals surface area contributed by atoms with Crippen LogP contribution in [0.2, 0.25) is 0 Å². The third kappa shape index (κ3) is 3.23. The highest BCUT2D eigenvalue weighted by Crippen LogP contribution is 2.21. The van der Waals surface area contributed by atoms with Crippen molar-refractivity contribution in [3.63, 3.8) is 0 Å². The van der Waals surface area contributed by atoms with Gasteiger partial charge in [-0.3, -0.25) is 9.69 Å². The van der Waals surface area contributed by atoms with E-state index in [2.05, 4.69) is 17.0 Å². The van der Waals surface area contributed by atoms with E-state index in [9.17, 15) is 4.79 Å². The molecule has 0 saturated carbocycles. The molecule has 1 fully saturated rings. The van der Waals surface area contributed by atoms with Crippen molar-refractivity contribution in [3.8, 4) is 5.75 Å². The molecule has 1 saturated heterocycles. The van der Waals surface area contributed by atoms with E-state index in [-0.39, 0.29) is 5.91 Å². The molecule has 0 unspecified atom stereocenters. The average molecular weight is 248 g/mol. The second-order valence-electron chi connectivity index (χ2n) is 4.79. The molecule has 1 aliphatic rings. The Hall–Kier alpha value is -1.55. The van der Waals surface area contributed by atoms with Crippen LogP contribution in [0.4, 0.5) is 0 Å². The van der Waals surface area contributed by atoms with Crippen LogP contribution in [-0.2, 0) is 11.2 Å². The lowest BCUT2D eigenvalue weighted by atomic mass is 10.0. The Morgan fingerprint density at radius 2 is 2.17 bits per heavy atom. The third-order valence-electron chi connectivity index (χ3n) is 3.49. The molecule has 0 aromatic heterocycles. The van der Waals surface area contributed by atoms with Crippen LogP contribution in [0, 0.1) is 0 Å². The number of rotatable bonds is 5. The first kappa shape index (κ1) is 12.9. The van der Waals surface area contributed by atoms with Gasteiger partial charge >= 0.3 is 0 Å². The number of hydrogen-bond donors (Lipinski definition) is 1. The Bertz CT molecular complexity index is 403. The van der Waals surface area contributed by atoms with E-state index in [1.54, 1.807) is 7.11 Å². The molecule has 0 spiro atoms. The van der Waals surface area contributed by atoms with Crippen molar-refractivity contribution >= 4 is 5.91 Å².